The average Bonchev–Trinajstić information content (AvgIpc) is 2.92. The summed E-state index contributed by atoms with van der Waals surface area (Å²) in [5, 5.41) is 11.4. The molecule has 1 aromatic heterocycles. The molecular formula is C29H33Cl2FN2O3S. The number of alkyl halides is 1. The molecular weight excluding hydrogens is 546 g/mol. The molecule has 1 aliphatic heterocycles. The molecule has 0 saturated carbocycles. The number of carboxylic acids is 1. The summed E-state index contributed by atoms with van der Waals surface area (Å²) in [6.45, 7) is 2.59. The second-order valence-corrected chi connectivity index (χ2v) is 11.7. The van der Waals surface area contributed by atoms with E-state index in [0.717, 1.165) is 54.0 Å². The number of aromatic nitrogens is 1. The molecule has 9 heteroatoms. The minimum absolute atomic E-state index is 0.132. The Hall–Kier alpha value is -2.06. The highest BCUT2D eigenvalue weighted by Crippen LogP contribution is 2.37. The first-order valence-electron chi connectivity index (χ1n) is 12.9. The predicted molar refractivity (Wildman–Crippen MR) is 153 cm³/mol. The van der Waals surface area contributed by atoms with Gasteiger partial charge in [0.1, 0.15) is 11.9 Å². The van der Waals surface area contributed by atoms with Crippen LogP contribution in [0.5, 0.6) is 5.75 Å². The van der Waals surface area contributed by atoms with Crippen LogP contribution in [-0.2, 0) is 4.79 Å². The fraction of sp³-hybridized carbons (Fsp3) is 0.448. The van der Waals surface area contributed by atoms with Crippen molar-refractivity contribution in [3.63, 3.8) is 0 Å². The monoisotopic (exact) mass is 578 g/mol. The van der Waals surface area contributed by atoms with Crippen LogP contribution in [0.1, 0.15) is 43.8 Å². The maximum atomic E-state index is 15.6. The van der Waals surface area contributed by atoms with Crippen molar-refractivity contribution < 1.29 is 19.0 Å². The molecule has 0 amide bonds. The quantitative estimate of drug-likeness (QED) is 0.220. The second kappa shape index (κ2) is 13.8. The van der Waals surface area contributed by atoms with Crippen molar-refractivity contribution >= 4 is 51.8 Å². The number of halogens is 3. The fourth-order valence-electron chi connectivity index (χ4n) is 5.33. The topological polar surface area (TPSA) is 62.7 Å². The zero-order valence-corrected chi connectivity index (χ0v) is 23.7. The van der Waals surface area contributed by atoms with Gasteiger partial charge in [-0.25, -0.2) is 4.39 Å². The van der Waals surface area contributed by atoms with Crippen molar-refractivity contribution in [1.82, 2.24) is 9.88 Å². The van der Waals surface area contributed by atoms with Gasteiger partial charge in [0, 0.05) is 41.7 Å². The average molecular weight is 580 g/mol. The molecule has 2 heterocycles. The normalized spacial score (nSPS) is 18.9. The molecule has 3 atom stereocenters. The number of carbonyl (C=O) groups is 1. The van der Waals surface area contributed by atoms with E-state index < -0.39 is 12.1 Å². The Balaban J connectivity index is 1.36. The van der Waals surface area contributed by atoms with Crippen LogP contribution in [0.15, 0.2) is 53.6 Å². The Morgan fingerprint density at radius 1 is 1.21 bits per heavy atom. The summed E-state index contributed by atoms with van der Waals surface area (Å²) < 4.78 is 20.9. The molecule has 4 rings (SSSR count). The lowest BCUT2D eigenvalue weighted by atomic mass is 9.79. The Labute approximate surface area is 237 Å². The number of carboxylic acid groups (broad SMARTS) is 1. The third kappa shape index (κ3) is 7.53. The highest BCUT2D eigenvalue weighted by atomic mass is 35.5. The molecule has 1 fully saturated rings. The van der Waals surface area contributed by atoms with E-state index in [-0.39, 0.29) is 18.3 Å². The number of thioether (sulfide) groups is 1. The van der Waals surface area contributed by atoms with Gasteiger partial charge in [-0.05, 0) is 86.0 Å². The summed E-state index contributed by atoms with van der Waals surface area (Å²) in [5.74, 6) is 1.23. The van der Waals surface area contributed by atoms with Gasteiger partial charge in [0.05, 0.1) is 22.7 Å². The molecule has 38 heavy (non-hydrogen) atoms. The van der Waals surface area contributed by atoms with Gasteiger partial charge in [-0.3, -0.25) is 9.78 Å². The molecule has 1 N–H and O–H groups in total. The van der Waals surface area contributed by atoms with Gasteiger partial charge in [-0.1, -0.05) is 29.3 Å². The molecule has 204 valence electrons. The number of aliphatic carboxylic acids is 1. The first-order chi connectivity index (χ1) is 18.4. The Bertz CT molecular complexity index is 1230. The standard InChI is InChI=1S/C29H33Cl2FN2O3S/c1-37-21-7-9-27-23(17-21)22(11-13-33-27)26(32)8-5-19-12-14-34(18-20(19)6-10-28(35)36)15-16-38-29-24(30)3-2-4-25(29)31/h2-4,7,9,11,13,17,19-20,26H,5-6,8,10,12,14-16,18H2,1H3,(H,35,36)/t19-,20+,26?/m1/s1. The molecule has 0 aliphatic carbocycles. The molecule has 1 unspecified atom stereocenters. The number of piperidine rings is 1. The number of hydrogen-bond acceptors (Lipinski definition) is 5. The Kier molecular flexibility index (Phi) is 10.5. The Morgan fingerprint density at radius 2 is 2.00 bits per heavy atom. The molecule has 0 radical (unpaired) electrons. The molecule has 2 aromatic carbocycles. The van der Waals surface area contributed by atoms with Crippen molar-refractivity contribution in [2.24, 2.45) is 11.8 Å². The van der Waals surface area contributed by atoms with Crippen LogP contribution < -0.4 is 4.74 Å². The van der Waals surface area contributed by atoms with E-state index in [2.05, 4.69) is 9.88 Å². The lowest BCUT2D eigenvalue weighted by molar-refractivity contribution is -0.137. The second-order valence-electron chi connectivity index (χ2n) is 9.77. The highest BCUT2D eigenvalue weighted by molar-refractivity contribution is 7.99. The number of methoxy groups -OCH3 is 1. The van der Waals surface area contributed by atoms with Crippen molar-refractivity contribution in [2.45, 2.75) is 43.2 Å². The van der Waals surface area contributed by atoms with E-state index in [1.165, 1.54) is 0 Å². The first-order valence-corrected chi connectivity index (χ1v) is 14.7. The molecule has 0 bridgehead atoms. The third-order valence-corrected chi connectivity index (χ3v) is 9.36. The van der Waals surface area contributed by atoms with Crippen LogP contribution in [0.3, 0.4) is 0 Å². The summed E-state index contributed by atoms with van der Waals surface area (Å²) in [7, 11) is 1.60. The number of fused-ring (bicyclic) bond motifs is 1. The summed E-state index contributed by atoms with van der Waals surface area (Å²) in [4.78, 5) is 19.0. The number of likely N-dealkylation sites (tertiary alicyclic amines) is 1. The van der Waals surface area contributed by atoms with Crippen LogP contribution in [0.2, 0.25) is 10.0 Å². The van der Waals surface area contributed by atoms with Gasteiger partial charge in [-0.2, -0.15) is 0 Å². The highest BCUT2D eigenvalue weighted by Gasteiger charge is 2.30. The van der Waals surface area contributed by atoms with Gasteiger partial charge < -0.3 is 14.7 Å². The van der Waals surface area contributed by atoms with Crippen LogP contribution in [0.4, 0.5) is 4.39 Å². The number of hydrogen-bond donors (Lipinski definition) is 1. The van der Waals surface area contributed by atoms with E-state index >= 15 is 4.39 Å². The zero-order chi connectivity index (χ0) is 27.1. The van der Waals surface area contributed by atoms with Gasteiger partial charge in [0.2, 0.25) is 0 Å². The van der Waals surface area contributed by atoms with E-state index in [9.17, 15) is 9.90 Å². The summed E-state index contributed by atoms with van der Waals surface area (Å²) in [5.41, 5.74) is 1.37. The third-order valence-electron chi connectivity index (χ3n) is 7.39. The van der Waals surface area contributed by atoms with Crippen LogP contribution in [-0.4, -0.2) is 53.5 Å². The molecule has 1 aliphatic rings. The van der Waals surface area contributed by atoms with E-state index in [1.54, 1.807) is 31.1 Å². The van der Waals surface area contributed by atoms with E-state index in [1.807, 2.05) is 36.4 Å². The van der Waals surface area contributed by atoms with Gasteiger partial charge in [0.15, 0.2) is 0 Å². The lowest BCUT2D eigenvalue weighted by Crippen LogP contribution is -2.41. The van der Waals surface area contributed by atoms with Crippen LogP contribution in [0.25, 0.3) is 10.9 Å². The Morgan fingerprint density at radius 3 is 2.74 bits per heavy atom. The fourth-order valence-corrected chi connectivity index (χ4v) is 7.03. The van der Waals surface area contributed by atoms with Crippen molar-refractivity contribution in [3.05, 3.63) is 64.3 Å². The number of ether oxygens (including phenoxy) is 1. The lowest BCUT2D eigenvalue weighted by Gasteiger charge is -2.39. The van der Waals surface area contributed by atoms with Crippen molar-refractivity contribution in [3.8, 4) is 5.75 Å². The maximum absolute atomic E-state index is 15.6. The van der Waals surface area contributed by atoms with Gasteiger partial charge >= 0.3 is 5.97 Å². The molecule has 0 spiro atoms. The summed E-state index contributed by atoms with van der Waals surface area (Å²) in [6.07, 6.45) is 3.31. The summed E-state index contributed by atoms with van der Waals surface area (Å²) >= 11 is 14.2. The van der Waals surface area contributed by atoms with E-state index in [0.29, 0.717) is 34.2 Å². The minimum atomic E-state index is -1.12. The van der Waals surface area contributed by atoms with Crippen LogP contribution >= 0.6 is 35.0 Å². The van der Waals surface area contributed by atoms with Crippen molar-refractivity contribution in [1.29, 1.82) is 0 Å². The van der Waals surface area contributed by atoms with Crippen molar-refractivity contribution in [2.75, 3.05) is 32.5 Å². The van der Waals surface area contributed by atoms with Crippen LogP contribution in [0, 0.1) is 11.8 Å². The number of rotatable bonds is 12. The summed E-state index contributed by atoms with van der Waals surface area (Å²) in [6, 6.07) is 12.8. The van der Waals surface area contributed by atoms with Gasteiger partial charge in [-0.15, -0.1) is 11.8 Å². The van der Waals surface area contributed by atoms with Gasteiger partial charge in [0.25, 0.3) is 0 Å². The zero-order valence-electron chi connectivity index (χ0n) is 21.4. The molecule has 5 nitrogen and oxygen atoms in total. The maximum Gasteiger partial charge on any atom is 0.303 e. The first kappa shape index (κ1) is 28.9. The largest absolute Gasteiger partial charge is 0.497 e. The SMILES string of the molecule is COc1ccc2nccc(C(F)CC[C@@H]3CCN(CCSc4c(Cl)cccc4Cl)C[C@@H]3CCC(=O)O)c2c1. The minimum Gasteiger partial charge on any atom is -0.497 e. The van der Waals surface area contributed by atoms with E-state index in [4.69, 9.17) is 27.9 Å². The molecule has 1 saturated heterocycles. The smallest absolute Gasteiger partial charge is 0.303 e. The number of benzene rings is 2. The number of pyridine rings is 1. The molecule has 3 aromatic rings. The number of nitrogens with zero attached hydrogens (tertiary/aromatic N) is 2. The predicted octanol–water partition coefficient (Wildman–Crippen LogP) is 7.94.